The molecule has 1 aliphatic carbocycles. The Kier molecular flexibility index (Phi) is 3.76. The summed E-state index contributed by atoms with van der Waals surface area (Å²) in [7, 11) is 2.01. The van der Waals surface area contributed by atoms with Crippen LogP contribution in [0.25, 0.3) is 0 Å². The van der Waals surface area contributed by atoms with Gasteiger partial charge in [-0.05, 0) is 46.2 Å². The minimum atomic E-state index is 0.798. The predicted molar refractivity (Wildman–Crippen MR) is 65.7 cm³/mol. The zero-order valence-corrected chi connectivity index (χ0v) is 10.5. The normalized spacial score (nSPS) is 16.7. The van der Waals surface area contributed by atoms with E-state index < -0.39 is 0 Å². The molecule has 2 rings (SSSR count). The highest BCUT2D eigenvalue weighted by molar-refractivity contribution is 7.11. The van der Waals surface area contributed by atoms with Crippen LogP contribution in [0, 0.1) is 6.92 Å². The quantitative estimate of drug-likeness (QED) is 0.778. The van der Waals surface area contributed by atoms with E-state index in [0.29, 0.717) is 0 Å². The fourth-order valence-corrected chi connectivity index (χ4v) is 3.22. The lowest BCUT2D eigenvalue weighted by Gasteiger charge is -2.22. The first-order valence-electron chi connectivity index (χ1n) is 5.92. The van der Waals surface area contributed by atoms with Crippen LogP contribution >= 0.6 is 11.3 Å². The van der Waals surface area contributed by atoms with Crippen molar-refractivity contribution >= 4 is 11.3 Å². The lowest BCUT2D eigenvalue weighted by Crippen LogP contribution is -2.08. The van der Waals surface area contributed by atoms with Gasteiger partial charge in [0.05, 0.1) is 10.7 Å². The Balaban J connectivity index is 1.94. The summed E-state index contributed by atoms with van der Waals surface area (Å²) in [6.07, 6.45) is 6.55. The van der Waals surface area contributed by atoms with Crippen LogP contribution in [0.2, 0.25) is 0 Å². The number of nitrogens with zero attached hydrogens (tertiary/aromatic N) is 1. The van der Waals surface area contributed by atoms with Crippen LogP contribution in [0.15, 0.2) is 0 Å². The fraction of sp³-hybridized carbons (Fsp3) is 0.750. The molecule has 0 unspecified atom stereocenters. The summed E-state index contributed by atoms with van der Waals surface area (Å²) >= 11 is 1.95. The summed E-state index contributed by atoms with van der Waals surface area (Å²) in [5.41, 5.74) is 1.28. The number of nitrogens with one attached hydrogen (secondary N) is 1. The summed E-state index contributed by atoms with van der Waals surface area (Å²) in [6.45, 7) is 3.27. The Labute approximate surface area is 96.1 Å². The average Bonchev–Trinajstić information content (AvgIpc) is 2.45. The highest BCUT2D eigenvalue weighted by Crippen LogP contribution is 2.39. The van der Waals surface area contributed by atoms with Gasteiger partial charge in [0, 0.05) is 10.8 Å². The highest BCUT2D eigenvalue weighted by atomic mass is 32.1. The second-order valence-corrected chi connectivity index (χ2v) is 5.51. The van der Waals surface area contributed by atoms with Gasteiger partial charge in [-0.3, -0.25) is 0 Å². The zero-order chi connectivity index (χ0) is 10.7. The zero-order valence-electron chi connectivity index (χ0n) is 9.68. The van der Waals surface area contributed by atoms with Gasteiger partial charge < -0.3 is 5.32 Å². The molecule has 0 radical (unpaired) electrons. The number of aromatic nitrogens is 1. The minimum absolute atomic E-state index is 0.798. The maximum absolute atomic E-state index is 4.71. The smallest absolute Gasteiger partial charge is 0.0961 e. The number of thiazole rings is 1. The lowest BCUT2D eigenvalue weighted by molar-refractivity contribution is 0.418. The first kappa shape index (κ1) is 11.1. The van der Waals surface area contributed by atoms with E-state index in [-0.39, 0.29) is 0 Å². The number of hydrogen-bond acceptors (Lipinski definition) is 3. The molecule has 1 saturated carbocycles. The van der Waals surface area contributed by atoms with E-state index in [0.717, 1.165) is 12.5 Å². The molecule has 1 aromatic heterocycles. The summed E-state index contributed by atoms with van der Waals surface area (Å²) in [6, 6.07) is 0. The van der Waals surface area contributed by atoms with Crippen LogP contribution in [0.5, 0.6) is 0 Å². The predicted octanol–water partition coefficient (Wildman–Crippen LogP) is 2.87. The molecule has 0 spiro atoms. The van der Waals surface area contributed by atoms with Gasteiger partial charge in [0.15, 0.2) is 0 Å². The molecule has 0 amide bonds. The largest absolute Gasteiger partial charge is 0.320 e. The Morgan fingerprint density at radius 3 is 2.87 bits per heavy atom. The van der Waals surface area contributed by atoms with Crippen molar-refractivity contribution < 1.29 is 0 Å². The first-order chi connectivity index (χ1) is 7.31. The van der Waals surface area contributed by atoms with Crippen LogP contribution in [0.3, 0.4) is 0 Å². The number of rotatable bonds is 5. The third-order valence-corrected chi connectivity index (χ3v) is 4.57. The van der Waals surface area contributed by atoms with Crippen molar-refractivity contribution in [3.05, 3.63) is 15.6 Å². The fourth-order valence-electron chi connectivity index (χ4n) is 1.94. The molecule has 1 aromatic rings. The van der Waals surface area contributed by atoms with E-state index >= 15 is 0 Å². The third-order valence-electron chi connectivity index (χ3n) is 3.19. The van der Waals surface area contributed by atoms with Gasteiger partial charge in [-0.1, -0.05) is 6.42 Å². The molecular formula is C12H20N2S. The van der Waals surface area contributed by atoms with E-state index in [4.69, 9.17) is 4.98 Å². The molecule has 1 N–H and O–H groups in total. The van der Waals surface area contributed by atoms with Gasteiger partial charge in [-0.25, -0.2) is 4.98 Å². The van der Waals surface area contributed by atoms with Crippen molar-refractivity contribution in [2.24, 2.45) is 0 Å². The minimum Gasteiger partial charge on any atom is -0.320 e. The topological polar surface area (TPSA) is 24.9 Å². The summed E-state index contributed by atoms with van der Waals surface area (Å²) < 4.78 is 0. The van der Waals surface area contributed by atoms with E-state index in [2.05, 4.69) is 12.2 Å². The summed E-state index contributed by atoms with van der Waals surface area (Å²) in [5.74, 6) is 0.798. The highest BCUT2D eigenvalue weighted by Gasteiger charge is 2.23. The van der Waals surface area contributed by atoms with E-state index in [1.54, 1.807) is 0 Å². The van der Waals surface area contributed by atoms with E-state index in [9.17, 15) is 0 Å². The second-order valence-electron chi connectivity index (χ2n) is 4.40. The van der Waals surface area contributed by atoms with Gasteiger partial charge in [0.25, 0.3) is 0 Å². The molecule has 0 aromatic carbocycles. The lowest BCUT2D eigenvalue weighted by atomic mass is 9.86. The Bertz CT molecular complexity index is 315. The van der Waals surface area contributed by atoms with Crippen molar-refractivity contribution in [2.75, 3.05) is 13.6 Å². The summed E-state index contributed by atoms with van der Waals surface area (Å²) in [4.78, 5) is 6.22. The van der Waals surface area contributed by atoms with Crippen LogP contribution in [0.4, 0.5) is 0 Å². The Morgan fingerprint density at radius 2 is 2.27 bits per heavy atom. The van der Waals surface area contributed by atoms with Crippen molar-refractivity contribution in [3.8, 4) is 0 Å². The standard InChI is InChI=1S/C12H20N2S/c1-9-11(7-4-8-13-2)15-12(14-9)10-5-3-6-10/h10,13H,3-8H2,1-2H3. The molecule has 1 aliphatic rings. The summed E-state index contributed by atoms with van der Waals surface area (Å²) in [5, 5.41) is 4.59. The van der Waals surface area contributed by atoms with Gasteiger partial charge in [0.2, 0.25) is 0 Å². The molecular weight excluding hydrogens is 204 g/mol. The van der Waals surface area contributed by atoms with Gasteiger partial charge in [-0.2, -0.15) is 0 Å². The molecule has 15 heavy (non-hydrogen) atoms. The van der Waals surface area contributed by atoms with Crippen LogP contribution < -0.4 is 5.32 Å². The monoisotopic (exact) mass is 224 g/mol. The molecule has 0 aliphatic heterocycles. The Hall–Kier alpha value is -0.410. The molecule has 0 atom stereocenters. The SMILES string of the molecule is CNCCCc1sc(C2CCC2)nc1C. The van der Waals surface area contributed by atoms with Crippen LogP contribution in [0.1, 0.15) is 47.2 Å². The average molecular weight is 224 g/mol. The molecule has 3 heteroatoms. The third kappa shape index (κ3) is 2.58. The Morgan fingerprint density at radius 1 is 1.47 bits per heavy atom. The maximum Gasteiger partial charge on any atom is 0.0961 e. The van der Waals surface area contributed by atoms with Crippen molar-refractivity contribution in [3.63, 3.8) is 0 Å². The van der Waals surface area contributed by atoms with Gasteiger partial charge in [0.1, 0.15) is 0 Å². The van der Waals surface area contributed by atoms with Crippen LogP contribution in [-0.2, 0) is 6.42 Å². The van der Waals surface area contributed by atoms with Crippen LogP contribution in [-0.4, -0.2) is 18.6 Å². The molecule has 2 nitrogen and oxygen atoms in total. The van der Waals surface area contributed by atoms with Crippen molar-refractivity contribution in [2.45, 2.75) is 44.9 Å². The molecule has 0 bridgehead atoms. The van der Waals surface area contributed by atoms with E-state index in [1.165, 1.54) is 47.7 Å². The first-order valence-corrected chi connectivity index (χ1v) is 6.73. The molecule has 84 valence electrons. The van der Waals surface area contributed by atoms with Gasteiger partial charge >= 0.3 is 0 Å². The maximum atomic E-state index is 4.71. The number of hydrogen-bond donors (Lipinski definition) is 1. The number of aryl methyl sites for hydroxylation is 2. The molecule has 1 fully saturated rings. The van der Waals surface area contributed by atoms with E-state index in [1.807, 2.05) is 18.4 Å². The second kappa shape index (κ2) is 5.08. The molecule has 1 heterocycles. The molecule has 0 saturated heterocycles. The van der Waals surface area contributed by atoms with Crippen molar-refractivity contribution in [1.29, 1.82) is 0 Å². The van der Waals surface area contributed by atoms with Crippen molar-refractivity contribution in [1.82, 2.24) is 10.3 Å². The van der Waals surface area contributed by atoms with Gasteiger partial charge in [-0.15, -0.1) is 11.3 Å².